The first-order chi connectivity index (χ1) is 12.3. The molecule has 0 radical (unpaired) electrons. The van der Waals surface area contributed by atoms with E-state index in [0.717, 1.165) is 37.6 Å². The first-order valence-corrected chi connectivity index (χ1v) is 9.20. The second-order valence-electron chi connectivity index (χ2n) is 6.91. The van der Waals surface area contributed by atoms with E-state index in [9.17, 15) is 0 Å². The van der Waals surface area contributed by atoms with Crippen LogP contribution in [-0.4, -0.2) is 48.1 Å². The van der Waals surface area contributed by atoms with Crippen molar-refractivity contribution in [2.75, 3.05) is 27.2 Å². The zero-order valence-electron chi connectivity index (χ0n) is 15.4. The molecule has 0 bridgehead atoms. The number of hydrogen-bond acceptors (Lipinski definition) is 4. The van der Waals surface area contributed by atoms with Gasteiger partial charge in [0.2, 0.25) is 0 Å². The van der Waals surface area contributed by atoms with Crippen LogP contribution in [0.25, 0.3) is 0 Å². The van der Waals surface area contributed by atoms with Crippen LogP contribution in [0, 0.1) is 0 Å². The summed E-state index contributed by atoms with van der Waals surface area (Å²) in [4.78, 5) is 9.49. The highest BCUT2D eigenvalue weighted by Crippen LogP contribution is 2.22. The molecule has 1 saturated heterocycles. The normalized spacial score (nSPS) is 18.9. The van der Waals surface area contributed by atoms with Gasteiger partial charge in [-0.05, 0) is 57.6 Å². The van der Waals surface area contributed by atoms with Gasteiger partial charge >= 0.3 is 0 Å². The first kappa shape index (κ1) is 17.9. The van der Waals surface area contributed by atoms with Crippen molar-refractivity contribution in [3.8, 4) is 5.75 Å². The molecule has 1 aromatic carbocycles. The topological polar surface area (TPSA) is 28.6 Å². The molecule has 2 aromatic rings. The molecule has 4 nitrogen and oxygen atoms in total. The maximum absolute atomic E-state index is 5.50. The zero-order chi connectivity index (χ0) is 17.5. The predicted molar refractivity (Wildman–Crippen MR) is 102 cm³/mol. The summed E-state index contributed by atoms with van der Waals surface area (Å²) in [5.41, 5.74) is 2.44. The Bertz CT molecular complexity index is 647. The third-order valence-corrected chi connectivity index (χ3v) is 5.14. The van der Waals surface area contributed by atoms with Crippen molar-refractivity contribution in [1.29, 1.82) is 0 Å². The summed E-state index contributed by atoms with van der Waals surface area (Å²) in [6, 6.07) is 15.1. The van der Waals surface area contributed by atoms with Gasteiger partial charge in [-0.15, -0.1) is 0 Å². The monoisotopic (exact) mass is 339 g/mol. The minimum atomic E-state index is 0.629. The second-order valence-corrected chi connectivity index (χ2v) is 6.91. The van der Waals surface area contributed by atoms with Crippen LogP contribution in [0.2, 0.25) is 0 Å². The van der Waals surface area contributed by atoms with E-state index >= 15 is 0 Å². The molecule has 0 aliphatic carbocycles. The van der Waals surface area contributed by atoms with Gasteiger partial charge in [0.1, 0.15) is 5.75 Å². The predicted octanol–water partition coefficient (Wildman–Crippen LogP) is 3.58. The van der Waals surface area contributed by atoms with Crippen LogP contribution in [-0.2, 0) is 13.1 Å². The molecule has 0 N–H and O–H groups in total. The molecule has 1 unspecified atom stereocenters. The number of pyridine rings is 1. The van der Waals surface area contributed by atoms with Gasteiger partial charge in [-0.1, -0.05) is 24.3 Å². The van der Waals surface area contributed by atoms with Crippen molar-refractivity contribution in [3.63, 3.8) is 0 Å². The third kappa shape index (κ3) is 5.03. The lowest BCUT2D eigenvalue weighted by Crippen LogP contribution is -2.32. The molecule has 4 heteroatoms. The quantitative estimate of drug-likeness (QED) is 0.804. The Labute approximate surface area is 151 Å². The molecule has 134 valence electrons. The van der Waals surface area contributed by atoms with Gasteiger partial charge in [0.25, 0.3) is 0 Å². The van der Waals surface area contributed by atoms with Crippen LogP contribution in [0.15, 0.2) is 48.7 Å². The van der Waals surface area contributed by atoms with Gasteiger partial charge in [-0.3, -0.25) is 14.8 Å². The Kier molecular flexibility index (Phi) is 6.42. The molecule has 1 fully saturated rings. The fourth-order valence-corrected chi connectivity index (χ4v) is 3.69. The number of nitrogens with zero attached hydrogens (tertiary/aromatic N) is 3. The van der Waals surface area contributed by atoms with Crippen molar-refractivity contribution in [3.05, 3.63) is 59.9 Å². The summed E-state index contributed by atoms with van der Waals surface area (Å²) >= 11 is 0. The SMILES string of the molecule is COc1ccccc1CN1CCCC(N(C)Cc2ccccn2)CC1. The van der Waals surface area contributed by atoms with E-state index in [1.165, 1.54) is 24.8 Å². The van der Waals surface area contributed by atoms with Crippen molar-refractivity contribution >= 4 is 0 Å². The average molecular weight is 339 g/mol. The number of rotatable bonds is 6. The summed E-state index contributed by atoms with van der Waals surface area (Å²) in [5, 5.41) is 0. The minimum Gasteiger partial charge on any atom is -0.496 e. The van der Waals surface area contributed by atoms with Crippen molar-refractivity contribution < 1.29 is 4.74 Å². The number of hydrogen-bond donors (Lipinski definition) is 0. The van der Waals surface area contributed by atoms with E-state index < -0.39 is 0 Å². The fraction of sp³-hybridized carbons (Fsp3) is 0.476. The van der Waals surface area contributed by atoms with E-state index in [4.69, 9.17) is 4.74 Å². The van der Waals surface area contributed by atoms with Crippen LogP contribution >= 0.6 is 0 Å². The van der Waals surface area contributed by atoms with Crippen LogP contribution < -0.4 is 4.74 Å². The fourth-order valence-electron chi connectivity index (χ4n) is 3.69. The Balaban J connectivity index is 1.55. The van der Waals surface area contributed by atoms with Gasteiger partial charge in [-0.2, -0.15) is 0 Å². The average Bonchev–Trinajstić information content (AvgIpc) is 2.89. The van der Waals surface area contributed by atoms with Gasteiger partial charge < -0.3 is 4.74 Å². The van der Waals surface area contributed by atoms with Gasteiger partial charge in [0.05, 0.1) is 12.8 Å². The largest absolute Gasteiger partial charge is 0.496 e. The Morgan fingerprint density at radius 2 is 1.96 bits per heavy atom. The summed E-state index contributed by atoms with van der Waals surface area (Å²) < 4.78 is 5.50. The van der Waals surface area contributed by atoms with Crippen LogP contribution in [0.4, 0.5) is 0 Å². The standard InChI is InChI=1S/C21H29N3O/c1-23(17-19-9-5-6-13-22-19)20-10-7-14-24(15-12-20)16-18-8-3-4-11-21(18)25-2/h3-6,8-9,11,13,20H,7,10,12,14-17H2,1-2H3. The van der Waals surface area contributed by atoms with Gasteiger partial charge in [0, 0.05) is 30.9 Å². The molecule has 0 spiro atoms. The molecule has 2 heterocycles. The first-order valence-electron chi connectivity index (χ1n) is 9.20. The molecular weight excluding hydrogens is 310 g/mol. The van der Waals surface area contributed by atoms with E-state index in [2.05, 4.69) is 52.2 Å². The van der Waals surface area contributed by atoms with E-state index in [1.807, 2.05) is 18.3 Å². The van der Waals surface area contributed by atoms with E-state index in [-0.39, 0.29) is 0 Å². The molecule has 1 atom stereocenters. The number of methoxy groups -OCH3 is 1. The molecule has 1 aromatic heterocycles. The molecule has 1 aliphatic heterocycles. The van der Waals surface area contributed by atoms with Gasteiger partial charge in [-0.25, -0.2) is 0 Å². The molecule has 0 saturated carbocycles. The van der Waals surface area contributed by atoms with E-state index in [0.29, 0.717) is 6.04 Å². The highest BCUT2D eigenvalue weighted by Gasteiger charge is 2.21. The van der Waals surface area contributed by atoms with Crippen molar-refractivity contribution in [2.45, 2.75) is 38.4 Å². The van der Waals surface area contributed by atoms with Crippen LogP contribution in [0.3, 0.4) is 0 Å². The van der Waals surface area contributed by atoms with Crippen LogP contribution in [0.5, 0.6) is 5.75 Å². The van der Waals surface area contributed by atoms with Crippen molar-refractivity contribution in [1.82, 2.24) is 14.8 Å². The maximum Gasteiger partial charge on any atom is 0.123 e. The number of aromatic nitrogens is 1. The summed E-state index contributed by atoms with van der Waals surface area (Å²) in [5.74, 6) is 0.996. The Morgan fingerprint density at radius 1 is 1.12 bits per heavy atom. The maximum atomic E-state index is 5.50. The molecule has 0 amide bonds. The van der Waals surface area contributed by atoms with Crippen LogP contribution in [0.1, 0.15) is 30.5 Å². The summed E-state index contributed by atoms with van der Waals surface area (Å²) in [6.07, 6.45) is 5.59. The molecule has 3 rings (SSSR count). The molecule has 25 heavy (non-hydrogen) atoms. The molecular formula is C21H29N3O. The highest BCUT2D eigenvalue weighted by molar-refractivity contribution is 5.33. The number of para-hydroxylation sites is 1. The summed E-state index contributed by atoms with van der Waals surface area (Å²) in [6.45, 7) is 4.19. The number of likely N-dealkylation sites (tertiary alicyclic amines) is 1. The van der Waals surface area contributed by atoms with Gasteiger partial charge in [0.15, 0.2) is 0 Å². The van der Waals surface area contributed by atoms with Crippen molar-refractivity contribution in [2.24, 2.45) is 0 Å². The lowest BCUT2D eigenvalue weighted by Gasteiger charge is -2.27. The Morgan fingerprint density at radius 3 is 2.76 bits per heavy atom. The smallest absolute Gasteiger partial charge is 0.123 e. The molecule has 1 aliphatic rings. The Hall–Kier alpha value is -1.91. The number of benzene rings is 1. The lowest BCUT2D eigenvalue weighted by molar-refractivity contribution is 0.204. The highest BCUT2D eigenvalue weighted by atomic mass is 16.5. The lowest BCUT2D eigenvalue weighted by atomic mass is 10.1. The zero-order valence-corrected chi connectivity index (χ0v) is 15.4. The minimum absolute atomic E-state index is 0.629. The third-order valence-electron chi connectivity index (χ3n) is 5.14. The van der Waals surface area contributed by atoms with E-state index in [1.54, 1.807) is 7.11 Å². The second kappa shape index (κ2) is 8.97. The number of ether oxygens (including phenoxy) is 1. The summed E-state index contributed by atoms with van der Waals surface area (Å²) in [7, 11) is 3.99.